The zero-order valence-electron chi connectivity index (χ0n) is 17.9. The molecule has 5 nitrogen and oxygen atoms in total. The van der Waals surface area contributed by atoms with E-state index in [2.05, 4.69) is 27.0 Å². The first-order chi connectivity index (χ1) is 13.1. The highest BCUT2D eigenvalue weighted by molar-refractivity contribution is 5.99. The Morgan fingerprint density at radius 2 is 1.82 bits per heavy atom. The summed E-state index contributed by atoms with van der Waals surface area (Å²) in [6, 6.07) is 0. The molecule has 0 N–H and O–H groups in total. The molecule has 0 aliphatic heterocycles. The Hall–Kier alpha value is -1.91. The number of allylic oxidation sites excluding steroid dienone is 1. The van der Waals surface area contributed by atoms with Gasteiger partial charge in [0.05, 0.1) is 0 Å². The molecule has 1 aliphatic carbocycles. The summed E-state index contributed by atoms with van der Waals surface area (Å²) in [5.41, 5.74) is -0.643. The molecule has 0 heterocycles. The fraction of sp³-hybridized carbons (Fsp3) is 0.696. The van der Waals surface area contributed by atoms with Gasteiger partial charge in [0.15, 0.2) is 0 Å². The van der Waals surface area contributed by atoms with Gasteiger partial charge in [-0.15, -0.1) is 6.58 Å². The molecule has 1 saturated carbocycles. The summed E-state index contributed by atoms with van der Waals surface area (Å²) in [6.07, 6.45) is 7.76. The van der Waals surface area contributed by atoms with E-state index in [4.69, 9.17) is 9.47 Å². The van der Waals surface area contributed by atoms with E-state index in [1.807, 2.05) is 6.92 Å². The van der Waals surface area contributed by atoms with E-state index in [9.17, 15) is 14.4 Å². The number of rotatable bonds is 11. The zero-order valence-corrected chi connectivity index (χ0v) is 17.9. The van der Waals surface area contributed by atoms with Crippen LogP contribution in [0.5, 0.6) is 0 Å². The van der Waals surface area contributed by atoms with Crippen molar-refractivity contribution in [1.82, 2.24) is 0 Å². The van der Waals surface area contributed by atoms with Crippen molar-refractivity contribution in [2.24, 2.45) is 17.3 Å². The van der Waals surface area contributed by atoms with E-state index >= 15 is 0 Å². The van der Waals surface area contributed by atoms with E-state index in [0.29, 0.717) is 19.3 Å². The first-order valence-electron chi connectivity index (χ1n) is 10.2. The van der Waals surface area contributed by atoms with Crippen molar-refractivity contribution in [3.8, 4) is 0 Å². The molecule has 5 heteroatoms. The van der Waals surface area contributed by atoms with E-state index in [0.717, 1.165) is 19.3 Å². The average molecular weight is 393 g/mol. The summed E-state index contributed by atoms with van der Waals surface area (Å²) in [6.45, 7) is 15.0. The smallest absolute Gasteiger partial charge is 0.316 e. The Morgan fingerprint density at radius 1 is 1.14 bits per heavy atom. The minimum Gasteiger partial charge on any atom is -0.461 e. The van der Waals surface area contributed by atoms with Crippen molar-refractivity contribution in [2.45, 2.75) is 78.2 Å². The van der Waals surface area contributed by atoms with E-state index in [1.54, 1.807) is 6.08 Å². The van der Waals surface area contributed by atoms with Gasteiger partial charge >= 0.3 is 11.9 Å². The highest BCUT2D eigenvalue weighted by Crippen LogP contribution is 2.50. The van der Waals surface area contributed by atoms with Crippen molar-refractivity contribution >= 4 is 17.7 Å². The van der Waals surface area contributed by atoms with Crippen LogP contribution in [0.15, 0.2) is 25.3 Å². The van der Waals surface area contributed by atoms with Crippen LogP contribution in [0.25, 0.3) is 0 Å². The normalized spacial score (nSPS) is 24.6. The number of ketones is 1. The number of ether oxygens (including phenoxy) is 2. The highest BCUT2D eigenvalue weighted by atomic mass is 16.6. The highest BCUT2D eigenvalue weighted by Gasteiger charge is 2.49. The van der Waals surface area contributed by atoms with Crippen LogP contribution in [0.1, 0.15) is 72.6 Å². The summed E-state index contributed by atoms with van der Waals surface area (Å²) in [5.74, 6) is -1.68. The Kier molecular flexibility index (Phi) is 9.12. The molecular weight excluding hydrogens is 356 g/mol. The maximum Gasteiger partial charge on any atom is 0.316 e. The number of hydrogen-bond donors (Lipinski definition) is 0. The number of esters is 2. The summed E-state index contributed by atoms with van der Waals surface area (Å²) in [4.78, 5) is 36.8. The lowest BCUT2D eigenvalue weighted by atomic mass is 9.60. The average Bonchev–Trinajstić information content (AvgIpc) is 2.59. The minimum atomic E-state index is -0.806. The monoisotopic (exact) mass is 392 g/mol. The lowest BCUT2D eigenvalue weighted by Crippen LogP contribution is -2.50. The maximum atomic E-state index is 12.6. The molecule has 158 valence electrons. The summed E-state index contributed by atoms with van der Waals surface area (Å²) >= 11 is 0. The lowest BCUT2D eigenvalue weighted by molar-refractivity contribution is -0.176. The summed E-state index contributed by atoms with van der Waals surface area (Å²) < 4.78 is 10.9. The second-order valence-corrected chi connectivity index (χ2v) is 8.64. The van der Waals surface area contributed by atoms with Gasteiger partial charge in [-0.25, -0.2) is 0 Å². The quantitative estimate of drug-likeness (QED) is 0.287. The third-order valence-corrected chi connectivity index (χ3v) is 5.91. The van der Waals surface area contributed by atoms with E-state index in [-0.39, 0.29) is 36.1 Å². The van der Waals surface area contributed by atoms with Crippen LogP contribution in [0.3, 0.4) is 0 Å². The van der Waals surface area contributed by atoms with Crippen molar-refractivity contribution in [1.29, 1.82) is 0 Å². The Bertz CT molecular complexity index is 568. The lowest BCUT2D eigenvalue weighted by Gasteiger charge is -2.50. The predicted molar refractivity (Wildman–Crippen MR) is 110 cm³/mol. The van der Waals surface area contributed by atoms with Gasteiger partial charge < -0.3 is 9.47 Å². The molecule has 0 aromatic rings. The molecule has 0 aromatic heterocycles. The molecule has 0 bridgehead atoms. The number of hydrogen-bond acceptors (Lipinski definition) is 5. The second-order valence-electron chi connectivity index (χ2n) is 8.64. The molecule has 0 saturated heterocycles. The van der Waals surface area contributed by atoms with Gasteiger partial charge in [0.2, 0.25) is 0 Å². The molecule has 0 aromatic carbocycles. The van der Waals surface area contributed by atoms with E-state index < -0.39 is 17.5 Å². The Balaban J connectivity index is 3.00. The molecule has 3 atom stereocenters. The third kappa shape index (κ3) is 6.61. The van der Waals surface area contributed by atoms with Crippen LogP contribution in [0.2, 0.25) is 0 Å². The summed E-state index contributed by atoms with van der Waals surface area (Å²) in [7, 11) is 0. The molecule has 0 unspecified atom stereocenters. The molecule has 0 radical (unpaired) electrons. The SMILES string of the molecule is C=CCCC(=O)[C@H](CC[C@@H]1C(C)(C)CCC[C@@]1(C)OC(C)=O)C(=O)OCC=C. The van der Waals surface area contributed by atoms with Gasteiger partial charge in [0.25, 0.3) is 0 Å². The van der Waals surface area contributed by atoms with Crippen LogP contribution < -0.4 is 0 Å². The standard InChI is InChI=1S/C23H36O5/c1-7-9-11-19(25)18(21(26)27-16-8-2)12-13-20-22(4,5)14-10-15-23(20,6)28-17(3)24/h7-8,18,20H,1-2,9-16H2,3-6H3/t18-,20+,23+/m0/s1. The molecule has 0 spiro atoms. The summed E-state index contributed by atoms with van der Waals surface area (Å²) in [5, 5.41) is 0. The molecule has 1 fully saturated rings. The van der Waals surface area contributed by atoms with Gasteiger partial charge in [-0.3, -0.25) is 14.4 Å². The number of Topliss-reactive ketones (excluding diaryl/α,β-unsaturated/α-hetero) is 1. The topological polar surface area (TPSA) is 69.7 Å². The Morgan fingerprint density at radius 3 is 2.39 bits per heavy atom. The van der Waals surface area contributed by atoms with Crippen molar-refractivity contribution in [3.05, 3.63) is 25.3 Å². The van der Waals surface area contributed by atoms with Gasteiger partial charge in [-0.05, 0) is 50.9 Å². The van der Waals surface area contributed by atoms with Crippen LogP contribution in [-0.2, 0) is 23.9 Å². The minimum absolute atomic E-state index is 0.0534. The van der Waals surface area contributed by atoms with Crippen LogP contribution in [-0.4, -0.2) is 29.9 Å². The van der Waals surface area contributed by atoms with Gasteiger partial charge in [0.1, 0.15) is 23.9 Å². The maximum absolute atomic E-state index is 12.6. The predicted octanol–water partition coefficient (Wildman–Crippen LogP) is 4.80. The van der Waals surface area contributed by atoms with E-state index in [1.165, 1.54) is 13.0 Å². The zero-order chi connectivity index (χ0) is 21.4. The van der Waals surface area contributed by atoms with Crippen molar-refractivity contribution in [3.63, 3.8) is 0 Å². The molecule has 1 aliphatic rings. The largest absolute Gasteiger partial charge is 0.461 e. The van der Waals surface area contributed by atoms with Crippen molar-refractivity contribution in [2.75, 3.05) is 6.61 Å². The van der Waals surface area contributed by atoms with Crippen molar-refractivity contribution < 1.29 is 23.9 Å². The second kappa shape index (κ2) is 10.6. The van der Waals surface area contributed by atoms with Gasteiger partial charge in [-0.2, -0.15) is 0 Å². The van der Waals surface area contributed by atoms with Gasteiger partial charge in [-0.1, -0.05) is 32.6 Å². The first-order valence-corrected chi connectivity index (χ1v) is 10.2. The van der Waals surface area contributed by atoms with Gasteiger partial charge in [0, 0.05) is 19.3 Å². The molecule has 0 amide bonds. The van der Waals surface area contributed by atoms with Crippen LogP contribution in [0.4, 0.5) is 0 Å². The molecule has 28 heavy (non-hydrogen) atoms. The fourth-order valence-corrected chi connectivity index (χ4v) is 4.62. The Labute approximate surface area is 169 Å². The molecular formula is C23H36O5. The number of carbonyl (C=O) groups excluding carboxylic acids is 3. The van der Waals surface area contributed by atoms with Crippen LogP contribution >= 0.6 is 0 Å². The first kappa shape index (κ1) is 24.1. The number of carbonyl (C=O) groups is 3. The fourth-order valence-electron chi connectivity index (χ4n) is 4.62. The molecule has 1 rings (SSSR count). The third-order valence-electron chi connectivity index (χ3n) is 5.91. The van der Waals surface area contributed by atoms with Crippen LogP contribution in [0, 0.1) is 17.3 Å².